The van der Waals surface area contributed by atoms with Crippen LogP contribution in [-0.4, -0.2) is 0 Å². The van der Waals surface area contributed by atoms with Gasteiger partial charge in [0.2, 0.25) is 0 Å². The van der Waals surface area contributed by atoms with Gasteiger partial charge in [0.25, 0.3) is 0 Å². The molecular weight excluding hydrogens is 771 g/mol. The number of rotatable bonds is 7. The highest BCUT2D eigenvalue weighted by molar-refractivity contribution is 5.91. The molecule has 0 fully saturated rings. The Kier molecular flexibility index (Phi) is 10.7. The van der Waals surface area contributed by atoms with E-state index in [1.807, 2.05) is 0 Å². The fraction of sp³-hybridized carbons (Fsp3) is 0.238. The zero-order valence-electron chi connectivity index (χ0n) is 39.8. The quantitative estimate of drug-likeness (QED) is 0.155. The second-order valence-corrected chi connectivity index (χ2v) is 21.6. The van der Waals surface area contributed by atoms with Gasteiger partial charge in [0.1, 0.15) is 0 Å². The van der Waals surface area contributed by atoms with Crippen molar-refractivity contribution in [1.29, 1.82) is 0 Å². The summed E-state index contributed by atoms with van der Waals surface area (Å²) in [7, 11) is 0. The average Bonchev–Trinajstić information content (AvgIpc) is 3.51. The minimum absolute atomic E-state index is 0.0107. The first-order chi connectivity index (χ1) is 30.4. The van der Waals surface area contributed by atoms with E-state index in [1.165, 1.54) is 83.5 Å². The van der Waals surface area contributed by atoms with Crippen molar-refractivity contribution in [3.8, 4) is 55.6 Å². The lowest BCUT2D eigenvalue weighted by molar-refractivity contribution is 0.569. The molecule has 1 nitrogen and oxygen atoms in total. The molecule has 0 bridgehead atoms. The van der Waals surface area contributed by atoms with E-state index in [2.05, 4.69) is 263 Å². The monoisotopic (exact) mass is 833 g/mol. The number of para-hydroxylation sites is 1. The van der Waals surface area contributed by atoms with Crippen molar-refractivity contribution in [1.82, 2.24) is 0 Å². The van der Waals surface area contributed by atoms with Gasteiger partial charge in [0.05, 0.1) is 5.69 Å². The van der Waals surface area contributed by atoms with Crippen LogP contribution in [0.4, 0.5) is 17.1 Å². The molecule has 0 radical (unpaired) electrons. The summed E-state index contributed by atoms with van der Waals surface area (Å²) in [6.45, 7) is 25.6. The molecule has 8 aromatic rings. The van der Waals surface area contributed by atoms with Crippen LogP contribution in [-0.2, 0) is 21.7 Å². The highest BCUT2D eigenvalue weighted by Crippen LogP contribution is 2.51. The smallest absolute Gasteiger partial charge is 0.0540 e. The van der Waals surface area contributed by atoms with Crippen molar-refractivity contribution >= 4 is 17.1 Å². The number of nitrogens with zero attached hydrogens (tertiary/aromatic N) is 1. The van der Waals surface area contributed by atoms with Crippen LogP contribution in [0.3, 0.4) is 0 Å². The van der Waals surface area contributed by atoms with Crippen molar-refractivity contribution in [2.75, 3.05) is 4.90 Å². The summed E-state index contributed by atoms with van der Waals surface area (Å²) in [5.74, 6) is 0. The molecule has 0 amide bonds. The molecule has 1 aliphatic carbocycles. The Morgan fingerprint density at radius 1 is 0.312 bits per heavy atom. The van der Waals surface area contributed by atoms with Crippen LogP contribution < -0.4 is 4.90 Å². The van der Waals surface area contributed by atoms with E-state index in [1.54, 1.807) is 0 Å². The Hall–Kier alpha value is -6.44. The number of hydrogen-bond acceptors (Lipinski definition) is 1. The average molecular weight is 834 g/mol. The van der Waals surface area contributed by atoms with E-state index >= 15 is 0 Å². The first-order valence-electron chi connectivity index (χ1n) is 23.1. The molecule has 0 unspecified atom stereocenters. The van der Waals surface area contributed by atoms with Crippen molar-refractivity contribution < 1.29 is 0 Å². The first kappa shape index (κ1) is 42.8. The van der Waals surface area contributed by atoms with Crippen LogP contribution in [0.2, 0.25) is 0 Å². The highest BCUT2D eigenvalue weighted by atomic mass is 15.1. The minimum atomic E-state index is -0.116. The van der Waals surface area contributed by atoms with Gasteiger partial charge in [-0.3, -0.25) is 0 Å². The van der Waals surface area contributed by atoms with Crippen molar-refractivity contribution in [2.24, 2.45) is 0 Å². The zero-order chi connectivity index (χ0) is 45.2. The number of benzene rings is 8. The van der Waals surface area contributed by atoms with Gasteiger partial charge < -0.3 is 4.90 Å². The number of anilines is 3. The Morgan fingerprint density at radius 3 is 1.41 bits per heavy atom. The lowest BCUT2D eigenvalue weighted by Gasteiger charge is -2.30. The van der Waals surface area contributed by atoms with E-state index < -0.39 is 0 Å². The summed E-state index contributed by atoms with van der Waals surface area (Å²) in [4.78, 5) is 2.46. The fourth-order valence-electron chi connectivity index (χ4n) is 9.52. The van der Waals surface area contributed by atoms with Gasteiger partial charge >= 0.3 is 0 Å². The number of fused-ring (bicyclic) bond motifs is 3. The summed E-state index contributed by atoms with van der Waals surface area (Å²) < 4.78 is 0. The zero-order valence-corrected chi connectivity index (χ0v) is 39.8. The Bertz CT molecular complexity index is 2960. The Balaban J connectivity index is 1.13. The molecule has 0 spiro atoms. The molecule has 320 valence electrons. The van der Waals surface area contributed by atoms with Crippen LogP contribution >= 0.6 is 0 Å². The molecule has 9 rings (SSSR count). The van der Waals surface area contributed by atoms with Gasteiger partial charge in [-0.15, -0.1) is 0 Å². The SMILES string of the molecule is CC(C)(C)c1cc(-c2ccc(-c3cccc(N(c4ccc5c(c4)C(C)(C)c4ccccc4-5)c4ccccc4-c4ccccc4)c3)cc2)cc(-c2cc(C(C)(C)C)cc(C(C)(C)C)c2)c1. The first-order valence-corrected chi connectivity index (χ1v) is 23.1. The predicted molar refractivity (Wildman–Crippen MR) is 277 cm³/mol. The molecular formula is C63H63N. The van der Waals surface area contributed by atoms with Crippen molar-refractivity contribution in [2.45, 2.75) is 97.8 Å². The van der Waals surface area contributed by atoms with Gasteiger partial charge in [-0.05, 0) is 131 Å². The van der Waals surface area contributed by atoms with E-state index in [0.717, 1.165) is 17.1 Å². The third-order valence-electron chi connectivity index (χ3n) is 13.5. The standard InChI is InChI=1S/C63H63N/c1-60(2,3)49-35-46(34-47(36-49)48-37-50(61(4,5)6)40-51(38-48)62(7,8)9)43-30-28-42(29-31-43)45-22-19-23-52(39-45)64(59-27-18-16-24-54(59)44-20-13-12-14-21-44)53-32-33-56-55-25-15-17-26-57(55)63(10,11)58(56)41-53/h12-41H,1-11H3. The van der Waals surface area contributed by atoms with Gasteiger partial charge in [0, 0.05) is 22.4 Å². The second kappa shape index (κ2) is 16.0. The van der Waals surface area contributed by atoms with Crippen LogP contribution in [0.25, 0.3) is 55.6 Å². The molecule has 0 aromatic heterocycles. The number of hydrogen-bond donors (Lipinski definition) is 0. The summed E-state index contributed by atoms with van der Waals surface area (Å²) in [6, 6.07) is 68.3. The maximum atomic E-state index is 2.46. The molecule has 64 heavy (non-hydrogen) atoms. The van der Waals surface area contributed by atoms with Gasteiger partial charge in [-0.1, -0.05) is 222 Å². The topological polar surface area (TPSA) is 3.24 Å². The van der Waals surface area contributed by atoms with Gasteiger partial charge in [-0.2, -0.15) is 0 Å². The summed E-state index contributed by atoms with van der Waals surface area (Å²) >= 11 is 0. The second-order valence-electron chi connectivity index (χ2n) is 21.6. The molecule has 8 aromatic carbocycles. The van der Waals surface area contributed by atoms with Crippen LogP contribution in [0, 0.1) is 0 Å². The fourth-order valence-corrected chi connectivity index (χ4v) is 9.52. The lowest BCUT2D eigenvalue weighted by Crippen LogP contribution is -2.17. The maximum Gasteiger partial charge on any atom is 0.0540 e. The summed E-state index contributed by atoms with van der Waals surface area (Å²) in [6.07, 6.45) is 0. The predicted octanol–water partition coefficient (Wildman–Crippen LogP) is 18.0. The largest absolute Gasteiger partial charge is 0.310 e. The summed E-state index contributed by atoms with van der Waals surface area (Å²) in [5, 5.41) is 0. The van der Waals surface area contributed by atoms with Gasteiger partial charge in [0.15, 0.2) is 0 Å². The van der Waals surface area contributed by atoms with Crippen molar-refractivity contribution in [3.05, 3.63) is 210 Å². The maximum absolute atomic E-state index is 2.46. The van der Waals surface area contributed by atoms with Gasteiger partial charge in [-0.25, -0.2) is 0 Å². The summed E-state index contributed by atoms with van der Waals surface area (Å²) in [5.41, 5.74) is 22.6. The highest BCUT2D eigenvalue weighted by Gasteiger charge is 2.36. The van der Waals surface area contributed by atoms with Crippen LogP contribution in [0.15, 0.2) is 182 Å². The van der Waals surface area contributed by atoms with Crippen LogP contribution in [0.5, 0.6) is 0 Å². The Labute approximate surface area is 383 Å². The lowest BCUT2D eigenvalue weighted by atomic mass is 9.78. The van der Waals surface area contributed by atoms with E-state index in [-0.39, 0.29) is 21.7 Å². The molecule has 0 saturated heterocycles. The molecule has 0 atom stereocenters. The van der Waals surface area contributed by atoms with E-state index in [9.17, 15) is 0 Å². The molecule has 0 aliphatic heterocycles. The molecule has 1 aliphatic rings. The molecule has 1 heteroatoms. The minimum Gasteiger partial charge on any atom is -0.310 e. The third-order valence-corrected chi connectivity index (χ3v) is 13.5. The molecule has 0 heterocycles. The molecule has 0 N–H and O–H groups in total. The van der Waals surface area contributed by atoms with E-state index in [4.69, 9.17) is 0 Å². The van der Waals surface area contributed by atoms with E-state index in [0.29, 0.717) is 0 Å². The van der Waals surface area contributed by atoms with Crippen molar-refractivity contribution in [3.63, 3.8) is 0 Å². The normalized spacial score (nSPS) is 13.4. The Morgan fingerprint density at radius 2 is 0.781 bits per heavy atom. The van der Waals surface area contributed by atoms with Crippen LogP contribution in [0.1, 0.15) is 104 Å². The third kappa shape index (κ3) is 8.14. The molecule has 0 saturated carbocycles.